The summed E-state index contributed by atoms with van der Waals surface area (Å²) in [5.74, 6) is 0. The van der Waals surface area contributed by atoms with E-state index in [-0.39, 0.29) is 6.10 Å². The van der Waals surface area contributed by atoms with Crippen LogP contribution >= 0.6 is 22.6 Å². The third kappa shape index (κ3) is 1.74. The van der Waals surface area contributed by atoms with Crippen LogP contribution in [-0.4, -0.2) is 15.1 Å². The molecule has 2 atom stereocenters. The monoisotopic (exact) mass is 224 g/mol. The van der Waals surface area contributed by atoms with Crippen LogP contribution in [0.5, 0.6) is 0 Å². The number of hydrogen-bond acceptors (Lipinski definition) is 1. The highest BCUT2D eigenvalue weighted by atomic mass is 127. The molecule has 0 aromatic heterocycles. The van der Waals surface area contributed by atoms with Gasteiger partial charge in [0.05, 0.1) is 6.10 Å². The van der Waals surface area contributed by atoms with Crippen LogP contribution < -0.4 is 0 Å². The minimum absolute atomic E-state index is 0.175. The average molecular weight is 224 g/mol. The van der Waals surface area contributed by atoms with Crippen LogP contribution in [-0.2, 0) is 0 Å². The Hall–Kier alpha value is 0.430. The van der Waals surface area contributed by atoms with E-state index in [4.69, 9.17) is 5.11 Å². The van der Waals surface area contributed by atoms with Crippen molar-refractivity contribution in [1.82, 2.24) is 0 Å². The summed E-state index contributed by atoms with van der Waals surface area (Å²) >= 11 is 2.36. The number of alkyl halides is 1. The number of rotatable bonds is 0. The molecule has 0 amide bonds. The molecule has 0 heterocycles. The number of aliphatic hydroxyl groups excluding tert-OH is 1. The second-order valence-corrected chi connectivity index (χ2v) is 3.83. The Morgan fingerprint density at radius 2 is 2.38 bits per heavy atom. The van der Waals surface area contributed by atoms with Gasteiger partial charge in [0.1, 0.15) is 0 Å². The van der Waals surface area contributed by atoms with Crippen LogP contribution in [0.25, 0.3) is 0 Å². The molecule has 0 fully saturated rings. The van der Waals surface area contributed by atoms with E-state index in [0.717, 1.165) is 12.8 Å². The average Bonchev–Trinajstić information content (AvgIpc) is 1.64. The molecule has 1 aliphatic rings. The van der Waals surface area contributed by atoms with Crippen LogP contribution in [0.2, 0.25) is 0 Å². The van der Waals surface area contributed by atoms with Gasteiger partial charge in [-0.2, -0.15) is 0 Å². The summed E-state index contributed by atoms with van der Waals surface area (Å²) in [6.07, 6.45) is 5.79. The van der Waals surface area contributed by atoms with Crippen molar-refractivity contribution in [1.29, 1.82) is 0 Å². The first-order chi connectivity index (χ1) is 3.79. The largest absolute Gasteiger partial charge is 0.389 e. The van der Waals surface area contributed by atoms with Gasteiger partial charge in [0.15, 0.2) is 0 Å². The van der Waals surface area contributed by atoms with E-state index < -0.39 is 0 Å². The first-order valence-electron chi connectivity index (χ1n) is 2.78. The minimum Gasteiger partial charge on any atom is -0.389 e. The van der Waals surface area contributed by atoms with Crippen molar-refractivity contribution >= 4 is 22.6 Å². The number of halogens is 1. The lowest BCUT2D eigenvalue weighted by Crippen LogP contribution is -2.13. The summed E-state index contributed by atoms with van der Waals surface area (Å²) in [5, 5.41) is 8.99. The Morgan fingerprint density at radius 1 is 1.62 bits per heavy atom. The number of hydrogen-bond donors (Lipinski definition) is 1. The molecule has 1 nitrogen and oxygen atoms in total. The van der Waals surface area contributed by atoms with Gasteiger partial charge >= 0.3 is 0 Å². The Morgan fingerprint density at radius 3 is 2.75 bits per heavy atom. The SMILES string of the molecule is OC1C=CCC(I)C1. The molecule has 0 aromatic carbocycles. The predicted octanol–water partition coefficient (Wildman–Crippen LogP) is 1.50. The second kappa shape index (κ2) is 2.82. The Balaban J connectivity index is 2.42. The van der Waals surface area contributed by atoms with E-state index in [1.54, 1.807) is 0 Å². The van der Waals surface area contributed by atoms with Gasteiger partial charge in [-0.1, -0.05) is 34.7 Å². The van der Waals surface area contributed by atoms with Gasteiger partial charge in [0, 0.05) is 3.92 Å². The van der Waals surface area contributed by atoms with Crippen LogP contribution in [0.4, 0.5) is 0 Å². The molecule has 1 N–H and O–H groups in total. The van der Waals surface area contributed by atoms with E-state index in [2.05, 4.69) is 22.6 Å². The maximum Gasteiger partial charge on any atom is 0.0731 e. The van der Waals surface area contributed by atoms with Gasteiger partial charge in [-0.05, 0) is 12.8 Å². The van der Waals surface area contributed by atoms with Gasteiger partial charge in [-0.25, -0.2) is 0 Å². The predicted molar refractivity (Wildman–Crippen MR) is 42.2 cm³/mol. The van der Waals surface area contributed by atoms with E-state index in [9.17, 15) is 0 Å². The molecule has 0 bridgehead atoms. The lowest BCUT2D eigenvalue weighted by atomic mass is 10.1. The minimum atomic E-state index is -0.175. The molecule has 0 saturated heterocycles. The molecular formula is C6H9IO. The summed E-state index contributed by atoms with van der Waals surface area (Å²) in [6.45, 7) is 0. The van der Waals surface area contributed by atoms with E-state index in [0.29, 0.717) is 3.92 Å². The van der Waals surface area contributed by atoms with E-state index in [1.807, 2.05) is 12.2 Å². The second-order valence-electron chi connectivity index (χ2n) is 2.06. The fourth-order valence-corrected chi connectivity index (χ4v) is 1.63. The van der Waals surface area contributed by atoms with Crippen molar-refractivity contribution in [2.75, 3.05) is 0 Å². The smallest absolute Gasteiger partial charge is 0.0731 e. The van der Waals surface area contributed by atoms with Gasteiger partial charge in [0.25, 0.3) is 0 Å². The lowest BCUT2D eigenvalue weighted by molar-refractivity contribution is 0.208. The summed E-state index contributed by atoms with van der Waals surface area (Å²) in [4.78, 5) is 0. The first-order valence-corrected chi connectivity index (χ1v) is 4.02. The van der Waals surface area contributed by atoms with Crippen molar-refractivity contribution in [3.63, 3.8) is 0 Å². The molecule has 8 heavy (non-hydrogen) atoms. The molecule has 0 spiro atoms. The highest BCUT2D eigenvalue weighted by molar-refractivity contribution is 14.1. The summed E-state index contributed by atoms with van der Waals surface area (Å²) < 4.78 is 0.646. The first kappa shape index (κ1) is 6.55. The van der Waals surface area contributed by atoms with Crippen molar-refractivity contribution in [2.45, 2.75) is 22.9 Å². The molecule has 2 unspecified atom stereocenters. The molecule has 2 heteroatoms. The standard InChI is InChI=1S/C6H9IO/c7-5-2-1-3-6(8)4-5/h1,3,5-6,8H,2,4H2. The van der Waals surface area contributed by atoms with E-state index in [1.165, 1.54) is 0 Å². The van der Waals surface area contributed by atoms with Gasteiger partial charge in [0.2, 0.25) is 0 Å². The van der Waals surface area contributed by atoms with Gasteiger partial charge in [-0.3, -0.25) is 0 Å². The molecule has 0 aromatic rings. The zero-order valence-corrected chi connectivity index (χ0v) is 6.71. The fourth-order valence-electron chi connectivity index (χ4n) is 0.820. The van der Waals surface area contributed by atoms with Crippen molar-refractivity contribution in [2.24, 2.45) is 0 Å². The number of allylic oxidation sites excluding steroid dienone is 1. The fraction of sp³-hybridized carbons (Fsp3) is 0.667. The molecule has 1 rings (SSSR count). The van der Waals surface area contributed by atoms with E-state index >= 15 is 0 Å². The third-order valence-electron chi connectivity index (χ3n) is 1.25. The molecule has 0 saturated carbocycles. The third-order valence-corrected chi connectivity index (χ3v) is 2.26. The lowest BCUT2D eigenvalue weighted by Gasteiger charge is -2.14. The quantitative estimate of drug-likeness (QED) is 0.375. The topological polar surface area (TPSA) is 20.2 Å². The maximum atomic E-state index is 8.99. The molecule has 1 aliphatic carbocycles. The zero-order valence-electron chi connectivity index (χ0n) is 4.55. The van der Waals surface area contributed by atoms with Crippen LogP contribution in [0, 0.1) is 0 Å². The normalized spacial score (nSPS) is 37.8. The summed E-state index contributed by atoms with van der Waals surface area (Å²) in [7, 11) is 0. The molecule has 46 valence electrons. The summed E-state index contributed by atoms with van der Waals surface area (Å²) in [6, 6.07) is 0. The van der Waals surface area contributed by atoms with Crippen LogP contribution in [0.1, 0.15) is 12.8 Å². The molecule has 0 radical (unpaired) electrons. The van der Waals surface area contributed by atoms with Crippen LogP contribution in [0.15, 0.2) is 12.2 Å². The zero-order chi connectivity index (χ0) is 5.98. The highest BCUT2D eigenvalue weighted by Crippen LogP contribution is 2.18. The van der Waals surface area contributed by atoms with Gasteiger partial charge < -0.3 is 5.11 Å². The van der Waals surface area contributed by atoms with Crippen molar-refractivity contribution < 1.29 is 5.11 Å². The van der Waals surface area contributed by atoms with Crippen molar-refractivity contribution in [3.8, 4) is 0 Å². The Bertz CT molecular complexity index is 101. The van der Waals surface area contributed by atoms with Crippen LogP contribution in [0.3, 0.4) is 0 Å². The van der Waals surface area contributed by atoms with Gasteiger partial charge in [-0.15, -0.1) is 0 Å². The Labute approximate surface area is 62.9 Å². The highest BCUT2D eigenvalue weighted by Gasteiger charge is 2.11. The summed E-state index contributed by atoms with van der Waals surface area (Å²) in [5.41, 5.74) is 0. The molecular weight excluding hydrogens is 215 g/mol. The molecule has 0 aliphatic heterocycles. The maximum absolute atomic E-state index is 8.99. The Kier molecular flexibility index (Phi) is 2.31. The number of aliphatic hydroxyl groups is 1. The van der Waals surface area contributed by atoms with Crippen molar-refractivity contribution in [3.05, 3.63) is 12.2 Å².